The molecule has 0 unspecified atom stereocenters. The van der Waals surface area contributed by atoms with Gasteiger partial charge < -0.3 is 9.52 Å². The van der Waals surface area contributed by atoms with E-state index in [-0.39, 0.29) is 5.75 Å². The molecule has 0 spiro atoms. The molecule has 0 saturated heterocycles. The van der Waals surface area contributed by atoms with Crippen LogP contribution < -0.4 is 0 Å². The number of hydrogen-bond acceptors (Lipinski definition) is 5. The van der Waals surface area contributed by atoms with Gasteiger partial charge in [0.25, 0.3) is 0 Å². The Labute approximate surface area is 76.5 Å². The Bertz CT molecular complexity index is 584. The van der Waals surface area contributed by atoms with E-state index in [1.807, 2.05) is 0 Å². The first-order chi connectivity index (χ1) is 6.36. The van der Waals surface area contributed by atoms with Crippen LogP contribution in [-0.4, -0.2) is 15.1 Å². The van der Waals surface area contributed by atoms with Gasteiger partial charge in [0.2, 0.25) is 0 Å². The molecule has 0 bridgehead atoms. The Hall–Kier alpha value is -1.62. The lowest BCUT2D eigenvalue weighted by atomic mass is 10.3. The molecule has 64 valence electrons. The van der Waals surface area contributed by atoms with Crippen LogP contribution in [0.5, 0.6) is 5.75 Å². The molecule has 0 aliphatic carbocycles. The minimum absolute atomic E-state index is 0.204. The van der Waals surface area contributed by atoms with Crippen molar-refractivity contribution in [2.24, 2.45) is 0 Å². The van der Waals surface area contributed by atoms with Crippen LogP contribution in [0.2, 0.25) is 0 Å². The maximum atomic E-state index is 9.51. The molecular formula is C8H4N2O2S. The van der Waals surface area contributed by atoms with E-state index < -0.39 is 0 Å². The summed E-state index contributed by atoms with van der Waals surface area (Å²) >= 11 is 1.38. The number of thiophene rings is 1. The lowest BCUT2D eigenvalue weighted by Crippen LogP contribution is -1.73. The van der Waals surface area contributed by atoms with E-state index in [4.69, 9.17) is 4.42 Å². The fourth-order valence-corrected chi connectivity index (χ4v) is 2.07. The van der Waals surface area contributed by atoms with Crippen molar-refractivity contribution >= 4 is 32.7 Å². The Morgan fingerprint density at radius 3 is 3.23 bits per heavy atom. The van der Waals surface area contributed by atoms with Crippen molar-refractivity contribution in [3.05, 3.63) is 18.0 Å². The van der Waals surface area contributed by atoms with Crippen LogP contribution in [0.4, 0.5) is 0 Å². The molecule has 0 aromatic carbocycles. The fraction of sp³-hybridized carbons (Fsp3) is 0. The largest absolute Gasteiger partial charge is 0.506 e. The summed E-state index contributed by atoms with van der Waals surface area (Å²) in [5, 5.41) is 11.8. The number of rotatable bonds is 0. The van der Waals surface area contributed by atoms with Crippen molar-refractivity contribution in [2.45, 2.75) is 0 Å². The summed E-state index contributed by atoms with van der Waals surface area (Å²) in [5.41, 5.74) is 1.27. The van der Waals surface area contributed by atoms with Crippen LogP contribution in [0.1, 0.15) is 0 Å². The first-order valence-electron chi connectivity index (χ1n) is 3.64. The zero-order chi connectivity index (χ0) is 8.84. The highest BCUT2D eigenvalue weighted by Crippen LogP contribution is 2.34. The van der Waals surface area contributed by atoms with E-state index in [1.165, 1.54) is 17.7 Å². The van der Waals surface area contributed by atoms with Gasteiger partial charge in [-0.25, -0.2) is 9.97 Å². The van der Waals surface area contributed by atoms with E-state index in [0.29, 0.717) is 16.5 Å². The van der Waals surface area contributed by atoms with Crippen LogP contribution >= 0.6 is 11.3 Å². The van der Waals surface area contributed by atoms with E-state index >= 15 is 0 Å². The summed E-state index contributed by atoms with van der Waals surface area (Å²) in [6, 6.07) is 0. The van der Waals surface area contributed by atoms with Crippen LogP contribution in [-0.2, 0) is 0 Å². The maximum Gasteiger partial charge on any atom is 0.182 e. The predicted molar refractivity (Wildman–Crippen MR) is 48.9 cm³/mol. The molecular weight excluding hydrogens is 188 g/mol. The molecule has 0 saturated carbocycles. The number of aromatic nitrogens is 2. The number of nitrogens with zero attached hydrogens (tertiary/aromatic N) is 2. The third-order valence-electron chi connectivity index (χ3n) is 1.88. The monoisotopic (exact) mass is 192 g/mol. The van der Waals surface area contributed by atoms with Crippen LogP contribution in [0.25, 0.3) is 21.3 Å². The number of oxazole rings is 1. The second-order valence-corrected chi connectivity index (χ2v) is 3.48. The number of fused-ring (bicyclic) bond motifs is 3. The van der Waals surface area contributed by atoms with Crippen LogP contribution in [0.3, 0.4) is 0 Å². The third-order valence-corrected chi connectivity index (χ3v) is 2.75. The fourth-order valence-electron chi connectivity index (χ4n) is 1.30. The molecule has 0 radical (unpaired) electrons. The summed E-state index contributed by atoms with van der Waals surface area (Å²) in [6.07, 6.45) is 2.99. The Balaban J connectivity index is 2.70. The zero-order valence-corrected chi connectivity index (χ0v) is 7.21. The predicted octanol–water partition coefficient (Wildman–Crippen LogP) is 2.14. The highest BCUT2D eigenvalue weighted by molar-refractivity contribution is 7.17. The van der Waals surface area contributed by atoms with Crippen LogP contribution in [0.15, 0.2) is 22.4 Å². The molecule has 1 N–H and O–H groups in total. The lowest BCUT2D eigenvalue weighted by molar-refractivity contribution is 0.483. The summed E-state index contributed by atoms with van der Waals surface area (Å²) in [7, 11) is 0. The van der Waals surface area contributed by atoms with Crippen molar-refractivity contribution in [1.29, 1.82) is 0 Å². The van der Waals surface area contributed by atoms with E-state index in [1.54, 1.807) is 11.6 Å². The standard InChI is InChI=1S/C8H4N2O2S/c11-5-2-13-8-6(5)7-4(1-9-8)10-3-12-7/h1-3,11H. The smallest absolute Gasteiger partial charge is 0.182 e. The average Bonchev–Trinajstić information content (AvgIpc) is 2.70. The Morgan fingerprint density at radius 2 is 2.31 bits per heavy atom. The molecule has 0 aliphatic rings. The molecule has 4 nitrogen and oxygen atoms in total. The summed E-state index contributed by atoms with van der Waals surface area (Å²) in [4.78, 5) is 8.86. The van der Waals surface area contributed by atoms with Gasteiger partial charge in [-0.3, -0.25) is 0 Å². The highest BCUT2D eigenvalue weighted by Gasteiger charge is 2.11. The first-order valence-corrected chi connectivity index (χ1v) is 4.52. The second kappa shape index (κ2) is 2.20. The molecule has 3 aromatic rings. The summed E-state index contributed by atoms with van der Waals surface area (Å²) < 4.78 is 5.17. The van der Waals surface area contributed by atoms with Gasteiger partial charge in [-0.15, -0.1) is 11.3 Å². The van der Waals surface area contributed by atoms with E-state index in [0.717, 1.165) is 4.83 Å². The van der Waals surface area contributed by atoms with Gasteiger partial charge in [-0.05, 0) is 0 Å². The minimum Gasteiger partial charge on any atom is -0.506 e. The van der Waals surface area contributed by atoms with Crippen molar-refractivity contribution < 1.29 is 9.52 Å². The van der Waals surface area contributed by atoms with E-state index in [2.05, 4.69) is 9.97 Å². The number of hydrogen-bond donors (Lipinski definition) is 1. The normalized spacial score (nSPS) is 11.4. The van der Waals surface area contributed by atoms with Crippen molar-refractivity contribution in [3.63, 3.8) is 0 Å². The molecule has 0 atom stereocenters. The van der Waals surface area contributed by atoms with Crippen molar-refractivity contribution in [1.82, 2.24) is 9.97 Å². The minimum atomic E-state index is 0.204. The second-order valence-electron chi connectivity index (χ2n) is 2.63. The quantitative estimate of drug-likeness (QED) is 0.592. The van der Waals surface area contributed by atoms with Crippen molar-refractivity contribution in [2.75, 3.05) is 0 Å². The number of pyridine rings is 1. The third kappa shape index (κ3) is 0.790. The topological polar surface area (TPSA) is 59.2 Å². The van der Waals surface area contributed by atoms with Crippen LogP contribution in [0, 0.1) is 0 Å². The van der Waals surface area contributed by atoms with Gasteiger partial charge >= 0.3 is 0 Å². The Kier molecular flexibility index (Phi) is 1.16. The molecule has 0 aliphatic heterocycles. The van der Waals surface area contributed by atoms with Gasteiger partial charge in [0.15, 0.2) is 12.0 Å². The molecule has 3 heterocycles. The van der Waals surface area contributed by atoms with Gasteiger partial charge in [0.05, 0.1) is 11.6 Å². The van der Waals surface area contributed by atoms with Gasteiger partial charge in [-0.2, -0.15) is 0 Å². The molecule has 5 heteroatoms. The number of aromatic hydroxyl groups is 1. The highest BCUT2D eigenvalue weighted by atomic mass is 32.1. The van der Waals surface area contributed by atoms with Gasteiger partial charge in [0.1, 0.15) is 16.1 Å². The maximum absolute atomic E-state index is 9.51. The van der Waals surface area contributed by atoms with Crippen molar-refractivity contribution in [3.8, 4) is 5.75 Å². The first kappa shape index (κ1) is 6.85. The van der Waals surface area contributed by atoms with Gasteiger partial charge in [0, 0.05) is 5.38 Å². The molecule has 3 rings (SSSR count). The molecule has 3 aromatic heterocycles. The molecule has 0 fully saturated rings. The van der Waals surface area contributed by atoms with Gasteiger partial charge in [-0.1, -0.05) is 0 Å². The zero-order valence-electron chi connectivity index (χ0n) is 6.39. The summed E-state index contributed by atoms with van der Waals surface area (Å²) in [6.45, 7) is 0. The lowest BCUT2D eigenvalue weighted by Gasteiger charge is -1.89. The average molecular weight is 192 g/mol. The molecule has 13 heavy (non-hydrogen) atoms. The SMILES string of the molecule is Oc1csc2ncc3ncoc3c12. The molecule has 0 amide bonds. The van der Waals surface area contributed by atoms with E-state index in [9.17, 15) is 5.11 Å². The Morgan fingerprint density at radius 1 is 1.38 bits per heavy atom. The summed E-state index contributed by atoms with van der Waals surface area (Å²) in [5.74, 6) is 0.204.